The molecule has 3 amide bonds. The summed E-state index contributed by atoms with van der Waals surface area (Å²) in [5.41, 5.74) is 6.13. The van der Waals surface area contributed by atoms with Gasteiger partial charge < -0.3 is 30.0 Å². The number of benzene rings is 2. The molecule has 2 aromatic rings. The summed E-state index contributed by atoms with van der Waals surface area (Å²) in [5, 5.41) is 13.7. The maximum absolute atomic E-state index is 13.6. The van der Waals surface area contributed by atoms with Crippen molar-refractivity contribution in [1.82, 2.24) is 24.5 Å². The normalized spacial score (nSPS) is 24.4. The Morgan fingerprint density at radius 2 is 1.62 bits per heavy atom. The van der Waals surface area contributed by atoms with E-state index in [4.69, 9.17) is 0 Å². The minimum Gasteiger partial charge on any atom is -0.465 e. The van der Waals surface area contributed by atoms with E-state index in [9.17, 15) is 14.7 Å². The SMILES string of the molecule is CCc1ccc(CC(CN2CCN(C3CCN(C)CC3)CC2)C2CC(N3CCc4ccccc4NC3=O)CCN2C(=O)O)cc1CC. The van der Waals surface area contributed by atoms with Crippen LogP contribution in [0.25, 0.3) is 0 Å². The second-order valence-electron chi connectivity index (χ2n) is 14.4. The molecule has 3 saturated heterocycles. The molecule has 9 nitrogen and oxygen atoms in total. The minimum absolute atomic E-state index is 0.00219. The number of hydrogen-bond acceptors (Lipinski definition) is 5. The van der Waals surface area contributed by atoms with Gasteiger partial charge in [-0.15, -0.1) is 0 Å². The van der Waals surface area contributed by atoms with Crippen LogP contribution in [0.4, 0.5) is 15.3 Å². The number of hydrogen-bond donors (Lipinski definition) is 2. The Hall–Kier alpha value is -3.14. The fourth-order valence-electron chi connectivity index (χ4n) is 8.79. The number of aryl methyl sites for hydroxylation is 2. The highest BCUT2D eigenvalue weighted by Crippen LogP contribution is 2.32. The lowest BCUT2D eigenvalue weighted by atomic mass is 9.82. The van der Waals surface area contributed by atoms with Gasteiger partial charge in [0.15, 0.2) is 0 Å². The van der Waals surface area contributed by atoms with Crippen LogP contribution in [0, 0.1) is 5.92 Å². The van der Waals surface area contributed by atoms with E-state index in [2.05, 4.69) is 65.2 Å². The minimum atomic E-state index is -0.839. The van der Waals surface area contributed by atoms with E-state index in [-0.39, 0.29) is 24.0 Å². The number of rotatable bonds is 9. The van der Waals surface area contributed by atoms with Gasteiger partial charge in [-0.2, -0.15) is 0 Å². The number of urea groups is 1. The molecule has 2 aromatic carbocycles. The molecule has 0 aromatic heterocycles. The number of nitrogens with zero attached hydrogens (tertiary/aromatic N) is 5. The highest BCUT2D eigenvalue weighted by atomic mass is 16.4. The van der Waals surface area contributed by atoms with Crippen LogP contribution in [0.5, 0.6) is 0 Å². The fourth-order valence-corrected chi connectivity index (χ4v) is 8.79. The lowest BCUT2D eigenvalue weighted by Gasteiger charge is -2.47. The number of para-hydroxylation sites is 1. The van der Waals surface area contributed by atoms with Crippen molar-refractivity contribution < 1.29 is 14.7 Å². The zero-order chi connectivity index (χ0) is 32.9. The maximum atomic E-state index is 13.6. The number of carbonyl (C=O) groups is 2. The molecule has 3 atom stereocenters. The van der Waals surface area contributed by atoms with E-state index in [1.807, 2.05) is 23.1 Å². The molecule has 2 N–H and O–H groups in total. The molecule has 9 heteroatoms. The second kappa shape index (κ2) is 15.4. The first kappa shape index (κ1) is 33.7. The Kier molecular flexibility index (Phi) is 11.0. The Bertz CT molecular complexity index is 1370. The maximum Gasteiger partial charge on any atom is 0.407 e. The molecule has 47 heavy (non-hydrogen) atoms. The van der Waals surface area contributed by atoms with Gasteiger partial charge in [0, 0.05) is 69.6 Å². The molecule has 0 bridgehead atoms. The quantitative estimate of drug-likeness (QED) is 0.387. The van der Waals surface area contributed by atoms with Crippen LogP contribution < -0.4 is 5.32 Å². The summed E-state index contributed by atoms with van der Waals surface area (Å²) < 4.78 is 0. The van der Waals surface area contributed by atoms with Gasteiger partial charge in [-0.25, -0.2) is 9.59 Å². The Labute approximate surface area is 281 Å². The zero-order valence-corrected chi connectivity index (χ0v) is 28.9. The van der Waals surface area contributed by atoms with Crippen molar-refractivity contribution in [3.8, 4) is 0 Å². The van der Waals surface area contributed by atoms with Gasteiger partial charge >= 0.3 is 12.1 Å². The average molecular weight is 645 g/mol. The van der Waals surface area contributed by atoms with E-state index in [1.165, 1.54) is 42.6 Å². The molecule has 0 radical (unpaired) electrons. The van der Waals surface area contributed by atoms with Gasteiger partial charge in [-0.1, -0.05) is 50.2 Å². The van der Waals surface area contributed by atoms with Crippen molar-refractivity contribution in [1.29, 1.82) is 0 Å². The van der Waals surface area contributed by atoms with Crippen LogP contribution >= 0.6 is 0 Å². The predicted octanol–water partition coefficient (Wildman–Crippen LogP) is 5.28. The van der Waals surface area contributed by atoms with Gasteiger partial charge in [0.1, 0.15) is 0 Å². The highest BCUT2D eigenvalue weighted by molar-refractivity contribution is 5.91. The molecule has 6 rings (SSSR count). The van der Waals surface area contributed by atoms with Crippen LogP contribution in [0.15, 0.2) is 42.5 Å². The number of anilines is 1. The molecular weight excluding hydrogens is 588 g/mol. The number of carbonyl (C=O) groups excluding carboxylic acids is 1. The highest BCUT2D eigenvalue weighted by Gasteiger charge is 2.41. The van der Waals surface area contributed by atoms with Crippen LogP contribution in [0.3, 0.4) is 0 Å². The molecule has 4 aliphatic rings. The third kappa shape index (κ3) is 7.95. The lowest BCUT2D eigenvalue weighted by molar-refractivity contribution is 0.0246. The summed E-state index contributed by atoms with van der Waals surface area (Å²) in [6, 6.07) is 15.4. The summed E-state index contributed by atoms with van der Waals surface area (Å²) in [7, 11) is 2.22. The van der Waals surface area contributed by atoms with Gasteiger partial charge in [0.2, 0.25) is 0 Å². The number of amides is 3. The summed E-state index contributed by atoms with van der Waals surface area (Å²) in [4.78, 5) is 37.8. The van der Waals surface area contributed by atoms with E-state index in [1.54, 1.807) is 4.90 Å². The summed E-state index contributed by atoms with van der Waals surface area (Å²) in [6.07, 6.45) is 6.65. The van der Waals surface area contributed by atoms with E-state index in [0.29, 0.717) is 32.0 Å². The monoisotopic (exact) mass is 644 g/mol. The number of nitrogens with one attached hydrogen (secondary N) is 1. The largest absolute Gasteiger partial charge is 0.465 e. The van der Waals surface area contributed by atoms with Crippen molar-refractivity contribution in [2.45, 2.75) is 83.3 Å². The molecule has 4 heterocycles. The Balaban J connectivity index is 1.22. The number of carboxylic acid groups (broad SMARTS) is 1. The first-order valence-electron chi connectivity index (χ1n) is 18.2. The molecule has 0 spiro atoms. The van der Waals surface area contributed by atoms with Crippen molar-refractivity contribution >= 4 is 17.8 Å². The molecule has 4 aliphatic heterocycles. The molecule has 256 valence electrons. The van der Waals surface area contributed by atoms with Gasteiger partial charge in [0.05, 0.1) is 0 Å². The van der Waals surface area contributed by atoms with Crippen molar-refractivity contribution in [2.75, 3.05) is 71.3 Å². The first-order valence-corrected chi connectivity index (χ1v) is 18.2. The standard InChI is InChI=1S/C38H56N6O3/c1-4-29-11-10-28(24-30(29)5-2)25-32(27-41-20-22-42(23-21-41)33-13-16-40(3)17-14-33)36-26-34(15-19-44(36)38(46)47)43-18-12-31-8-6-7-9-35(31)39-37(43)45/h6-11,24,32-34,36H,4-5,12-23,25-27H2,1-3H3,(H,39,45)(H,46,47). The lowest BCUT2D eigenvalue weighted by Crippen LogP contribution is -2.58. The second-order valence-corrected chi connectivity index (χ2v) is 14.4. The number of likely N-dealkylation sites (tertiary alicyclic amines) is 2. The van der Waals surface area contributed by atoms with Crippen LogP contribution in [-0.2, 0) is 25.7 Å². The topological polar surface area (TPSA) is 82.6 Å². The van der Waals surface area contributed by atoms with Gasteiger partial charge in [0.25, 0.3) is 0 Å². The van der Waals surface area contributed by atoms with E-state index >= 15 is 0 Å². The zero-order valence-electron chi connectivity index (χ0n) is 28.9. The summed E-state index contributed by atoms with van der Waals surface area (Å²) in [5.74, 6) is 0.133. The number of piperidine rings is 2. The fraction of sp³-hybridized carbons (Fsp3) is 0.632. The van der Waals surface area contributed by atoms with Crippen molar-refractivity contribution in [2.24, 2.45) is 5.92 Å². The third-order valence-corrected chi connectivity index (χ3v) is 11.6. The average Bonchev–Trinajstić information content (AvgIpc) is 3.26. The van der Waals surface area contributed by atoms with Crippen molar-refractivity contribution in [3.63, 3.8) is 0 Å². The van der Waals surface area contributed by atoms with Crippen LogP contribution in [0.2, 0.25) is 0 Å². The Morgan fingerprint density at radius 3 is 2.34 bits per heavy atom. The molecule has 0 saturated carbocycles. The Morgan fingerprint density at radius 1 is 0.894 bits per heavy atom. The molecule has 0 aliphatic carbocycles. The van der Waals surface area contributed by atoms with Gasteiger partial charge in [-0.3, -0.25) is 4.90 Å². The van der Waals surface area contributed by atoms with Crippen LogP contribution in [0.1, 0.15) is 61.8 Å². The molecule has 3 unspecified atom stereocenters. The summed E-state index contributed by atoms with van der Waals surface area (Å²) in [6.45, 7) is 13.0. The van der Waals surface area contributed by atoms with Gasteiger partial charge in [-0.05, 0) is 106 Å². The summed E-state index contributed by atoms with van der Waals surface area (Å²) >= 11 is 0. The molecule has 3 fully saturated rings. The smallest absolute Gasteiger partial charge is 0.407 e. The van der Waals surface area contributed by atoms with E-state index < -0.39 is 6.09 Å². The first-order chi connectivity index (χ1) is 22.8. The van der Waals surface area contributed by atoms with Crippen LogP contribution in [-0.4, -0.2) is 126 Å². The van der Waals surface area contributed by atoms with E-state index in [0.717, 1.165) is 69.7 Å². The predicted molar refractivity (Wildman–Crippen MR) is 188 cm³/mol. The third-order valence-electron chi connectivity index (χ3n) is 11.6. The molecular formula is C38H56N6O3. The van der Waals surface area contributed by atoms with Crippen molar-refractivity contribution in [3.05, 3.63) is 64.7 Å². The number of fused-ring (bicyclic) bond motifs is 1. The number of piperazine rings is 1.